The molecule has 0 saturated carbocycles. The summed E-state index contributed by atoms with van der Waals surface area (Å²) in [5.74, 6) is -2.38. The summed E-state index contributed by atoms with van der Waals surface area (Å²) in [6.07, 6.45) is -5.98. The van der Waals surface area contributed by atoms with Crippen molar-refractivity contribution in [2.45, 2.75) is 30.7 Å². The van der Waals surface area contributed by atoms with Gasteiger partial charge < -0.3 is 44.5 Å². The molecule has 0 amide bonds. The number of carbonyl (C=O) groups is 2. The lowest BCUT2D eigenvalue weighted by atomic mass is 9.99. The number of aliphatic hydroxyl groups excluding tert-OH is 3. The lowest BCUT2D eigenvalue weighted by Crippen LogP contribution is -2.59. The van der Waals surface area contributed by atoms with Crippen LogP contribution >= 0.6 is 0 Å². The first kappa shape index (κ1) is 21.0. The Morgan fingerprint density at radius 3 is 2.52 bits per heavy atom. The smallest absolute Gasteiger partial charge is 0.338 e. The molecule has 0 aromatic heterocycles. The molecule has 1 fully saturated rings. The van der Waals surface area contributed by atoms with Gasteiger partial charge in [0.15, 0.2) is 17.8 Å². The van der Waals surface area contributed by atoms with E-state index in [4.69, 9.17) is 18.9 Å². The molecule has 5 atom stereocenters. The third kappa shape index (κ3) is 4.66. The Hall–Kier alpha value is -2.70. The molecule has 158 valence electrons. The molecule has 2 heterocycles. The van der Waals surface area contributed by atoms with Crippen molar-refractivity contribution in [3.63, 3.8) is 0 Å². The van der Waals surface area contributed by atoms with Gasteiger partial charge in [-0.3, -0.25) is 0 Å². The van der Waals surface area contributed by atoms with Crippen LogP contribution in [0.3, 0.4) is 0 Å². The van der Waals surface area contributed by atoms with Crippen LogP contribution in [0.5, 0.6) is 11.5 Å². The van der Waals surface area contributed by atoms with E-state index in [2.05, 4.69) is 0 Å². The van der Waals surface area contributed by atoms with E-state index >= 15 is 0 Å². The lowest BCUT2D eigenvalue weighted by molar-refractivity contribution is -0.298. The molecule has 2 aliphatic rings. The van der Waals surface area contributed by atoms with E-state index in [1.54, 1.807) is 0 Å². The molecule has 0 spiro atoms. The second kappa shape index (κ2) is 8.76. The molecule has 5 unspecified atom stereocenters. The van der Waals surface area contributed by atoms with Crippen molar-refractivity contribution < 1.29 is 54.1 Å². The molecule has 3 rings (SSSR count). The summed E-state index contributed by atoms with van der Waals surface area (Å²) in [5.41, 5.74) is 0.155. The summed E-state index contributed by atoms with van der Waals surface area (Å²) in [4.78, 5) is 23.5. The van der Waals surface area contributed by atoms with E-state index in [1.165, 1.54) is 12.1 Å². The number of phenolic OH excluding ortho intramolecular Hbond substituents is 2. The predicted octanol–water partition coefficient (Wildman–Crippen LogP) is -1.44. The maximum atomic E-state index is 12.1. The van der Waals surface area contributed by atoms with Crippen molar-refractivity contribution in [3.8, 4) is 11.5 Å². The highest BCUT2D eigenvalue weighted by molar-refractivity contribution is 5.90. The normalized spacial score (nSPS) is 29.3. The Kier molecular flexibility index (Phi) is 6.35. The van der Waals surface area contributed by atoms with Crippen LogP contribution in [0.2, 0.25) is 0 Å². The van der Waals surface area contributed by atoms with E-state index in [1.807, 2.05) is 0 Å². The first-order valence-electron chi connectivity index (χ1n) is 8.64. The van der Waals surface area contributed by atoms with Crippen LogP contribution in [0.15, 0.2) is 29.8 Å². The average Bonchev–Trinajstić information content (AvgIpc) is 3.11. The molecule has 5 N–H and O–H groups in total. The molecule has 1 aromatic rings. The van der Waals surface area contributed by atoms with Crippen LogP contribution in [0.4, 0.5) is 0 Å². The van der Waals surface area contributed by atoms with Crippen molar-refractivity contribution in [2.75, 3.05) is 19.8 Å². The number of aromatic hydroxyl groups is 2. The Labute approximate surface area is 164 Å². The standard InChI is InChI=1S/C18H20O11/c19-10-2-1-8(5-11(10)20)16(24)27-7-12-13(21)14(22)15(23)18(29-12)28-6-9-3-4-26-17(9)25/h1-3,5,12-15,18-23H,4,6-7H2. The molecule has 0 bridgehead atoms. The van der Waals surface area contributed by atoms with Gasteiger partial charge in [-0.1, -0.05) is 0 Å². The first-order chi connectivity index (χ1) is 13.8. The van der Waals surface area contributed by atoms with E-state index in [0.29, 0.717) is 0 Å². The Morgan fingerprint density at radius 2 is 1.86 bits per heavy atom. The Bertz CT molecular complexity index is 805. The molecule has 29 heavy (non-hydrogen) atoms. The van der Waals surface area contributed by atoms with Crippen LogP contribution in [-0.2, 0) is 23.7 Å². The van der Waals surface area contributed by atoms with Crippen LogP contribution in [0.25, 0.3) is 0 Å². The van der Waals surface area contributed by atoms with Gasteiger partial charge in [0, 0.05) is 0 Å². The van der Waals surface area contributed by atoms with Gasteiger partial charge in [-0.2, -0.15) is 0 Å². The number of ether oxygens (including phenoxy) is 4. The van der Waals surface area contributed by atoms with E-state index in [0.717, 1.165) is 12.1 Å². The summed E-state index contributed by atoms with van der Waals surface area (Å²) in [6.45, 7) is -0.642. The third-order valence-electron chi connectivity index (χ3n) is 4.47. The van der Waals surface area contributed by atoms with Crippen molar-refractivity contribution in [2.24, 2.45) is 0 Å². The molecule has 2 aliphatic heterocycles. The number of rotatable bonds is 6. The van der Waals surface area contributed by atoms with Crippen LogP contribution in [0, 0.1) is 0 Å². The molecule has 0 aliphatic carbocycles. The summed E-state index contributed by atoms with van der Waals surface area (Å²) in [5, 5.41) is 48.8. The number of phenols is 2. The largest absolute Gasteiger partial charge is 0.504 e. The first-order valence-corrected chi connectivity index (χ1v) is 8.64. The van der Waals surface area contributed by atoms with E-state index in [-0.39, 0.29) is 24.4 Å². The fourth-order valence-electron chi connectivity index (χ4n) is 2.77. The molecular formula is C18H20O11. The monoisotopic (exact) mass is 412 g/mol. The molecule has 1 saturated heterocycles. The van der Waals surface area contributed by atoms with Gasteiger partial charge in [-0.05, 0) is 24.3 Å². The van der Waals surface area contributed by atoms with Crippen LogP contribution < -0.4 is 0 Å². The zero-order valence-corrected chi connectivity index (χ0v) is 15.0. The van der Waals surface area contributed by atoms with Gasteiger partial charge in [0.1, 0.15) is 37.6 Å². The summed E-state index contributed by atoms with van der Waals surface area (Å²) < 4.78 is 20.4. The Balaban J connectivity index is 1.59. The SMILES string of the molecule is O=C1OCC=C1COC1OC(COC(=O)c2ccc(O)c(O)c2)C(O)C(O)C1O. The second-order valence-electron chi connectivity index (χ2n) is 6.46. The van der Waals surface area contributed by atoms with Gasteiger partial charge in [0.25, 0.3) is 0 Å². The molecule has 11 nitrogen and oxygen atoms in total. The summed E-state index contributed by atoms with van der Waals surface area (Å²) >= 11 is 0. The number of carbonyl (C=O) groups excluding carboxylic acids is 2. The van der Waals surface area contributed by atoms with Gasteiger partial charge >= 0.3 is 11.9 Å². The van der Waals surface area contributed by atoms with E-state index < -0.39 is 60.8 Å². The molecule has 1 aromatic carbocycles. The minimum absolute atomic E-state index is 0.0642. The van der Waals surface area contributed by atoms with Crippen molar-refractivity contribution >= 4 is 11.9 Å². The fourth-order valence-corrected chi connectivity index (χ4v) is 2.77. The van der Waals surface area contributed by atoms with Gasteiger partial charge in [-0.15, -0.1) is 0 Å². The number of benzene rings is 1. The van der Waals surface area contributed by atoms with Crippen LogP contribution in [-0.4, -0.2) is 88.0 Å². The van der Waals surface area contributed by atoms with Crippen LogP contribution in [0.1, 0.15) is 10.4 Å². The number of aliphatic hydroxyl groups is 3. The zero-order chi connectivity index (χ0) is 21.1. The lowest BCUT2D eigenvalue weighted by Gasteiger charge is -2.39. The van der Waals surface area contributed by atoms with Gasteiger partial charge in [-0.25, -0.2) is 9.59 Å². The minimum atomic E-state index is -1.65. The predicted molar refractivity (Wildman–Crippen MR) is 91.7 cm³/mol. The highest BCUT2D eigenvalue weighted by Crippen LogP contribution is 2.26. The average molecular weight is 412 g/mol. The minimum Gasteiger partial charge on any atom is -0.504 e. The number of hydrogen-bond donors (Lipinski definition) is 5. The third-order valence-corrected chi connectivity index (χ3v) is 4.47. The zero-order valence-electron chi connectivity index (χ0n) is 15.0. The number of esters is 2. The van der Waals surface area contributed by atoms with Gasteiger partial charge in [0.2, 0.25) is 0 Å². The second-order valence-corrected chi connectivity index (χ2v) is 6.46. The van der Waals surface area contributed by atoms with Crippen molar-refractivity contribution in [3.05, 3.63) is 35.4 Å². The summed E-state index contributed by atoms with van der Waals surface area (Å²) in [7, 11) is 0. The highest BCUT2D eigenvalue weighted by Gasteiger charge is 2.45. The van der Waals surface area contributed by atoms with Crippen molar-refractivity contribution in [1.29, 1.82) is 0 Å². The van der Waals surface area contributed by atoms with Crippen molar-refractivity contribution in [1.82, 2.24) is 0 Å². The maximum absolute atomic E-state index is 12.1. The quantitative estimate of drug-likeness (QED) is 0.274. The molecule has 11 heteroatoms. The topological polar surface area (TPSA) is 172 Å². The molecular weight excluding hydrogens is 392 g/mol. The highest BCUT2D eigenvalue weighted by atomic mass is 16.7. The fraction of sp³-hybridized carbons (Fsp3) is 0.444. The molecule has 0 radical (unpaired) electrons. The number of hydrogen-bond acceptors (Lipinski definition) is 11. The van der Waals surface area contributed by atoms with Gasteiger partial charge in [0.05, 0.1) is 17.7 Å². The number of cyclic esters (lactones) is 1. The van der Waals surface area contributed by atoms with E-state index in [9.17, 15) is 35.1 Å². The Morgan fingerprint density at radius 1 is 1.10 bits per heavy atom. The summed E-state index contributed by atoms with van der Waals surface area (Å²) in [6, 6.07) is 3.31. The maximum Gasteiger partial charge on any atom is 0.338 e.